The van der Waals surface area contributed by atoms with Crippen molar-refractivity contribution in [2.45, 2.75) is 25.5 Å². The molecule has 0 bridgehead atoms. The van der Waals surface area contributed by atoms with Crippen LogP contribution in [0, 0.1) is 0 Å². The van der Waals surface area contributed by atoms with Crippen LogP contribution in [0.3, 0.4) is 0 Å². The lowest BCUT2D eigenvalue weighted by Gasteiger charge is -2.14. The van der Waals surface area contributed by atoms with Gasteiger partial charge in [-0.05, 0) is 30.7 Å². The second-order valence-electron chi connectivity index (χ2n) is 4.76. The predicted octanol–water partition coefficient (Wildman–Crippen LogP) is 3.20. The van der Waals surface area contributed by atoms with Gasteiger partial charge in [0.1, 0.15) is 4.38 Å². The highest BCUT2D eigenvalue weighted by Gasteiger charge is 2.21. The van der Waals surface area contributed by atoms with E-state index in [0.717, 1.165) is 28.8 Å². The van der Waals surface area contributed by atoms with Gasteiger partial charge in [-0.15, -0.1) is 0 Å². The summed E-state index contributed by atoms with van der Waals surface area (Å²) in [7, 11) is 0. The fourth-order valence-electron chi connectivity index (χ4n) is 1.89. The Balaban J connectivity index is 1.92. The van der Waals surface area contributed by atoms with Crippen LogP contribution in [0.5, 0.6) is 0 Å². The molecule has 1 aliphatic heterocycles. The number of nitrogens with zero attached hydrogens (tertiary/aromatic N) is 1. The molecule has 1 aromatic rings. The standard InChI is InChI=1S/C15H19N3O2S2/c1-3-13(22-15-16-8-9-21-15)14(20)18-12-6-4-11(5-7-12)17-10(2)19/h4-7,13H,3,8-9H2,1-2H3,(H,17,19)(H,18,20). The number of amides is 2. The van der Waals surface area contributed by atoms with E-state index in [1.165, 1.54) is 18.7 Å². The maximum atomic E-state index is 12.3. The molecule has 2 amide bonds. The van der Waals surface area contributed by atoms with Crippen LogP contribution in [-0.2, 0) is 9.59 Å². The molecule has 0 radical (unpaired) electrons. The molecule has 0 aliphatic carbocycles. The zero-order valence-electron chi connectivity index (χ0n) is 12.6. The molecule has 22 heavy (non-hydrogen) atoms. The highest BCUT2D eigenvalue weighted by molar-refractivity contribution is 8.39. The minimum absolute atomic E-state index is 0.0185. The molecule has 0 fully saturated rings. The summed E-state index contributed by atoms with van der Waals surface area (Å²) in [5, 5.41) is 5.46. The molecule has 1 aromatic carbocycles. The summed E-state index contributed by atoms with van der Waals surface area (Å²) in [5.41, 5.74) is 1.43. The Morgan fingerprint density at radius 1 is 1.27 bits per heavy atom. The number of nitrogens with one attached hydrogen (secondary N) is 2. The Bertz CT molecular complexity index is 573. The first kappa shape index (κ1) is 16.9. The van der Waals surface area contributed by atoms with Crippen molar-refractivity contribution in [2.75, 3.05) is 22.9 Å². The smallest absolute Gasteiger partial charge is 0.237 e. The monoisotopic (exact) mass is 337 g/mol. The molecule has 2 N–H and O–H groups in total. The van der Waals surface area contributed by atoms with Gasteiger partial charge in [0.25, 0.3) is 0 Å². The zero-order chi connectivity index (χ0) is 15.9. The Morgan fingerprint density at radius 2 is 1.91 bits per heavy atom. The van der Waals surface area contributed by atoms with Gasteiger partial charge in [0.05, 0.1) is 11.8 Å². The molecule has 118 valence electrons. The van der Waals surface area contributed by atoms with Crippen LogP contribution in [0.15, 0.2) is 29.3 Å². The Hall–Kier alpha value is -1.47. The number of rotatable bonds is 5. The highest BCUT2D eigenvalue weighted by atomic mass is 32.2. The molecule has 1 aliphatic rings. The molecule has 1 atom stereocenters. The van der Waals surface area contributed by atoms with Crippen molar-refractivity contribution < 1.29 is 9.59 Å². The number of aliphatic imine (C=N–C) groups is 1. The lowest BCUT2D eigenvalue weighted by atomic mass is 10.2. The van der Waals surface area contributed by atoms with E-state index in [9.17, 15) is 9.59 Å². The van der Waals surface area contributed by atoms with Crippen molar-refractivity contribution in [3.8, 4) is 0 Å². The maximum Gasteiger partial charge on any atom is 0.237 e. The van der Waals surface area contributed by atoms with E-state index >= 15 is 0 Å². The number of carbonyl (C=O) groups is 2. The minimum atomic E-state index is -0.139. The van der Waals surface area contributed by atoms with Gasteiger partial charge in [-0.1, -0.05) is 30.4 Å². The van der Waals surface area contributed by atoms with Crippen LogP contribution in [-0.4, -0.2) is 33.7 Å². The molecule has 7 heteroatoms. The number of carbonyl (C=O) groups excluding carboxylic acids is 2. The van der Waals surface area contributed by atoms with Gasteiger partial charge < -0.3 is 10.6 Å². The van der Waals surface area contributed by atoms with Gasteiger partial charge in [0.15, 0.2) is 0 Å². The van der Waals surface area contributed by atoms with Crippen LogP contribution < -0.4 is 10.6 Å². The van der Waals surface area contributed by atoms with Crippen LogP contribution >= 0.6 is 23.5 Å². The van der Waals surface area contributed by atoms with E-state index in [1.807, 2.05) is 6.92 Å². The van der Waals surface area contributed by atoms with Crippen LogP contribution in [0.4, 0.5) is 11.4 Å². The maximum absolute atomic E-state index is 12.3. The van der Waals surface area contributed by atoms with Gasteiger partial charge in [-0.3, -0.25) is 14.6 Å². The summed E-state index contributed by atoms with van der Waals surface area (Å²) in [4.78, 5) is 27.7. The van der Waals surface area contributed by atoms with Crippen molar-refractivity contribution in [2.24, 2.45) is 4.99 Å². The van der Waals surface area contributed by atoms with E-state index in [0.29, 0.717) is 5.69 Å². The molecular weight excluding hydrogens is 318 g/mol. The number of benzene rings is 1. The molecule has 5 nitrogen and oxygen atoms in total. The van der Waals surface area contributed by atoms with E-state index in [1.54, 1.807) is 36.0 Å². The molecule has 0 aromatic heterocycles. The topological polar surface area (TPSA) is 70.6 Å². The molecule has 0 saturated carbocycles. The predicted molar refractivity (Wildman–Crippen MR) is 95.8 cm³/mol. The van der Waals surface area contributed by atoms with Gasteiger partial charge in [0, 0.05) is 24.1 Å². The Kier molecular flexibility index (Phi) is 6.33. The third kappa shape index (κ3) is 5.06. The van der Waals surface area contributed by atoms with Crippen molar-refractivity contribution in [1.29, 1.82) is 0 Å². The largest absolute Gasteiger partial charge is 0.326 e. The summed E-state index contributed by atoms with van der Waals surface area (Å²) in [6, 6.07) is 7.09. The summed E-state index contributed by atoms with van der Waals surface area (Å²) in [6.07, 6.45) is 0.750. The Labute approximate surface area is 138 Å². The first-order chi connectivity index (χ1) is 10.6. The number of anilines is 2. The number of hydrogen-bond acceptors (Lipinski definition) is 5. The van der Waals surface area contributed by atoms with E-state index < -0.39 is 0 Å². The fourth-order valence-corrected chi connectivity index (χ4v) is 4.05. The highest BCUT2D eigenvalue weighted by Crippen LogP contribution is 2.28. The third-order valence-corrected chi connectivity index (χ3v) is 5.50. The quantitative estimate of drug-likeness (QED) is 0.865. The van der Waals surface area contributed by atoms with Crippen molar-refractivity contribution in [1.82, 2.24) is 0 Å². The van der Waals surface area contributed by atoms with Gasteiger partial charge >= 0.3 is 0 Å². The summed E-state index contributed by atoms with van der Waals surface area (Å²) in [6.45, 7) is 4.30. The average molecular weight is 337 g/mol. The van der Waals surface area contributed by atoms with Gasteiger partial charge in [0.2, 0.25) is 11.8 Å². The van der Waals surface area contributed by atoms with Crippen molar-refractivity contribution in [3.05, 3.63) is 24.3 Å². The SMILES string of the molecule is CCC(SC1=NCCS1)C(=O)Nc1ccc(NC(C)=O)cc1. The van der Waals surface area contributed by atoms with Crippen LogP contribution in [0.1, 0.15) is 20.3 Å². The average Bonchev–Trinajstić information content (AvgIpc) is 2.99. The number of hydrogen-bond donors (Lipinski definition) is 2. The third-order valence-electron chi connectivity index (χ3n) is 2.94. The minimum Gasteiger partial charge on any atom is -0.326 e. The van der Waals surface area contributed by atoms with Gasteiger partial charge in [-0.2, -0.15) is 0 Å². The molecule has 2 rings (SSSR count). The second-order valence-corrected chi connectivity index (χ2v) is 7.29. The van der Waals surface area contributed by atoms with Crippen molar-refractivity contribution in [3.63, 3.8) is 0 Å². The summed E-state index contributed by atoms with van der Waals surface area (Å²) in [5.74, 6) is 0.870. The molecular formula is C15H19N3O2S2. The second kappa shape index (κ2) is 8.24. The molecule has 0 spiro atoms. The molecule has 1 heterocycles. The normalized spacial score (nSPS) is 15.1. The van der Waals surface area contributed by atoms with Gasteiger partial charge in [-0.25, -0.2) is 0 Å². The lowest BCUT2D eigenvalue weighted by Crippen LogP contribution is -2.25. The molecule has 0 saturated heterocycles. The Morgan fingerprint density at radius 3 is 2.41 bits per heavy atom. The summed E-state index contributed by atoms with van der Waals surface area (Å²) < 4.78 is 1.00. The molecule has 1 unspecified atom stereocenters. The van der Waals surface area contributed by atoms with E-state index in [2.05, 4.69) is 15.6 Å². The van der Waals surface area contributed by atoms with E-state index in [4.69, 9.17) is 0 Å². The fraction of sp³-hybridized carbons (Fsp3) is 0.400. The van der Waals surface area contributed by atoms with Crippen LogP contribution in [0.2, 0.25) is 0 Å². The lowest BCUT2D eigenvalue weighted by molar-refractivity contribution is -0.116. The number of thioether (sulfide) groups is 2. The summed E-state index contributed by atoms with van der Waals surface area (Å²) >= 11 is 3.25. The first-order valence-electron chi connectivity index (χ1n) is 7.11. The first-order valence-corrected chi connectivity index (χ1v) is 8.97. The van der Waals surface area contributed by atoms with E-state index in [-0.39, 0.29) is 17.1 Å². The zero-order valence-corrected chi connectivity index (χ0v) is 14.2. The van der Waals surface area contributed by atoms with Crippen molar-refractivity contribution >= 4 is 51.1 Å². The van der Waals surface area contributed by atoms with Crippen LogP contribution in [0.25, 0.3) is 0 Å².